The highest BCUT2D eigenvalue weighted by Gasteiger charge is 2.34. The molecule has 10 heteroatoms. The topological polar surface area (TPSA) is 141 Å². The Bertz CT molecular complexity index is 1940. The van der Waals surface area contributed by atoms with E-state index in [-0.39, 0.29) is 17.5 Å². The number of hydrogen-bond acceptors (Lipinski definition) is 7. The van der Waals surface area contributed by atoms with Crippen LogP contribution in [0.15, 0.2) is 89.5 Å². The molecule has 3 atom stereocenters. The minimum atomic E-state index is -4.65. The van der Waals surface area contributed by atoms with Gasteiger partial charge >= 0.3 is 5.95 Å². The SMILES string of the molecule is CC(C)[C@H](NC(Nc1ccccc1)S(=O)(=O)O)C(=O)Nc1c(C2CCc3c(ccc4c3ccc3ccccc34)C2)coc1O. The summed E-state index contributed by atoms with van der Waals surface area (Å²) in [6.45, 7) is 3.51. The largest absolute Gasteiger partial charge is 0.479 e. The van der Waals surface area contributed by atoms with Gasteiger partial charge in [0.2, 0.25) is 11.4 Å². The van der Waals surface area contributed by atoms with Crippen LogP contribution in [0.1, 0.15) is 42.9 Å². The van der Waals surface area contributed by atoms with E-state index in [1.54, 1.807) is 44.2 Å². The number of para-hydroxylation sites is 1. The van der Waals surface area contributed by atoms with Crippen LogP contribution in [0.4, 0.5) is 11.4 Å². The van der Waals surface area contributed by atoms with Crippen LogP contribution in [0.3, 0.4) is 0 Å². The molecule has 228 valence electrons. The van der Waals surface area contributed by atoms with Gasteiger partial charge in [-0.25, -0.2) is 0 Å². The van der Waals surface area contributed by atoms with Crippen LogP contribution in [0, 0.1) is 5.92 Å². The van der Waals surface area contributed by atoms with E-state index in [4.69, 9.17) is 4.42 Å². The quantitative estimate of drug-likeness (QED) is 0.0731. The van der Waals surface area contributed by atoms with Crippen molar-refractivity contribution in [3.63, 3.8) is 0 Å². The molecule has 0 spiro atoms. The average molecular weight is 614 g/mol. The number of fused-ring (bicyclic) bond motifs is 5. The number of hydrogen-bond donors (Lipinski definition) is 5. The molecule has 0 radical (unpaired) electrons. The molecular weight excluding hydrogens is 578 g/mol. The van der Waals surface area contributed by atoms with Crippen molar-refractivity contribution < 1.29 is 27.3 Å². The maximum Gasteiger partial charge on any atom is 0.306 e. The lowest BCUT2D eigenvalue weighted by molar-refractivity contribution is -0.119. The van der Waals surface area contributed by atoms with E-state index in [1.807, 2.05) is 6.07 Å². The Morgan fingerprint density at radius 2 is 1.66 bits per heavy atom. The monoisotopic (exact) mass is 613 g/mol. The Hall–Kier alpha value is -4.38. The Labute approximate surface area is 256 Å². The zero-order valence-electron chi connectivity index (χ0n) is 24.4. The molecule has 44 heavy (non-hydrogen) atoms. The van der Waals surface area contributed by atoms with Gasteiger partial charge in [0, 0.05) is 11.3 Å². The van der Waals surface area contributed by atoms with Gasteiger partial charge in [-0.2, -0.15) is 8.42 Å². The smallest absolute Gasteiger partial charge is 0.306 e. The molecule has 0 aliphatic heterocycles. The van der Waals surface area contributed by atoms with Gasteiger partial charge in [-0.3, -0.25) is 14.7 Å². The van der Waals surface area contributed by atoms with Crippen LogP contribution >= 0.6 is 0 Å². The van der Waals surface area contributed by atoms with Crippen molar-refractivity contribution >= 4 is 48.9 Å². The minimum Gasteiger partial charge on any atom is -0.479 e. The van der Waals surface area contributed by atoms with Crippen LogP contribution < -0.4 is 16.0 Å². The fourth-order valence-corrected chi connectivity index (χ4v) is 6.85. The van der Waals surface area contributed by atoms with E-state index in [9.17, 15) is 22.9 Å². The maximum atomic E-state index is 13.6. The van der Waals surface area contributed by atoms with E-state index in [2.05, 4.69) is 58.4 Å². The van der Waals surface area contributed by atoms with Crippen molar-refractivity contribution in [1.29, 1.82) is 0 Å². The molecule has 0 saturated heterocycles. The third-order valence-electron chi connectivity index (χ3n) is 8.48. The first-order valence-electron chi connectivity index (χ1n) is 14.7. The third-order valence-corrected chi connectivity index (χ3v) is 9.33. The summed E-state index contributed by atoms with van der Waals surface area (Å²) >= 11 is 0. The summed E-state index contributed by atoms with van der Waals surface area (Å²) in [5.74, 6) is -1.38. The van der Waals surface area contributed by atoms with Crippen LogP contribution in [0.5, 0.6) is 5.95 Å². The Morgan fingerprint density at radius 1 is 0.932 bits per heavy atom. The number of aryl methyl sites for hydroxylation is 1. The first-order valence-corrected chi connectivity index (χ1v) is 16.2. The van der Waals surface area contributed by atoms with Crippen molar-refractivity contribution in [2.24, 2.45) is 5.92 Å². The maximum absolute atomic E-state index is 13.6. The highest BCUT2D eigenvalue weighted by Crippen LogP contribution is 2.43. The number of aromatic hydroxyl groups is 1. The van der Waals surface area contributed by atoms with Gasteiger partial charge in [0.1, 0.15) is 12.0 Å². The lowest BCUT2D eigenvalue weighted by Crippen LogP contribution is -2.54. The van der Waals surface area contributed by atoms with E-state index in [1.165, 1.54) is 38.9 Å². The summed E-state index contributed by atoms with van der Waals surface area (Å²) < 4.78 is 39.8. The fraction of sp³-hybridized carbons (Fsp3) is 0.265. The number of anilines is 2. The fourth-order valence-electron chi connectivity index (χ4n) is 6.24. The van der Waals surface area contributed by atoms with Gasteiger partial charge < -0.3 is 20.2 Å². The predicted octanol–water partition coefficient (Wildman–Crippen LogP) is 6.40. The summed E-state index contributed by atoms with van der Waals surface area (Å²) in [4.78, 5) is 13.6. The van der Waals surface area contributed by atoms with Crippen LogP contribution in [0.25, 0.3) is 21.5 Å². The van der Waals surface area contributed by atoms with E-state index in [0.717, 1.165) is 12.8 Å². The number of carbonyl (C=O) groups is 1. The standard InChI is InChI=1S/C34H35N3O6S/c1-20(2)30(37-34(44(40,41)42)35-24-9-4-3-5-10-24)32(38)36-31-29(19-43-33(31)39)23-13-15-26-22(18-23)14-17-27-25-11-7-6-8-21(25)12-16-28(26)27/h3-12,14,16-17,19-20,23,30,34-35,37,39H,13,15,18H2,1-2H3,(H,36,38)(H,40,41,42)/t23?,30-,34?/m0/s1. The third kappa shape index (κ3) is 5.88. The predicted molar refractivity (Wildman–Crippen MR) is 172 cm³/mol. The second kappa shape index (κ2) is 12.0. The number of carbonyl (C=O) groups excluding carboxylic acids is 1. The van der Waals surface area contributed by atoms with Gasteiger partial charge in [-0.05, 0) is 75.9 Å². The van der Waals surface area contributed by atoms with Crippen molar-refractivity contribution in [3.05, 3.63) is 102 Å². The normalized spacial score (nSPS) is 16.5. The number of amides is 1. The van der Waals surface area contributed by atoms with Gasteiger partial charge in [-0.1, -0.05) is 80.6 Å². The molecule has 6 rings (SSSR count). The van der Waals surface area contributed by atoms with Gasteiger partial charge in [0.05, 0.1) is 6.04 Å². The molecule has 1 aromatic heterocycles. The second-order valence-corrected chi connectivity index (χ2v) is 13.2. The number of benzene rings is 4. The summed E-state index contributed by atoms with van der Waals surface area (Å²) in [7, 11) is -4.65. The molecule has 4 aromatic carbocycles. The minimum absolute atomic E-state index is 0.0175. The van der Waals surface area contributed by atoms with Crippen molar-refractivity contribution in [1.82, 2.24) is 5.32 Å². The van der Waals surface area contributed by atoms with E-state index in [0.29, 0.717) is 17.7 Å². The molecule has 0 saturated carbocycles. The summed E-state index contributed by atoms with van der Waals surface area (Å²) in [6, 6.07) is 24.5. The molecule has 1 amide bonds. The first kappa shape index (κ1) is 29.7. The van der Waals surface area contributed by atoms with E-state index >= 15 is 0 Å². The van der Waals surface area contributed by atoms with Crippen LogP contribution in [-0.2, 0) is 27.8 Å². The zero-order valence-corrected chi connectivity index (χ0v) is 25.3. The van der Waals surface area contributed by atoms with Crippen molar-refractivity contribution in [2.75, 3.05) is 10.6 Å². The average Bonchev–Trinajstić information content (AvgIpc) is 3.37. The molecule has 1 aliphatic rings. The molecule has 2 unspecified atom stereocenters. The van der Waals surface area contributed by atoms with Gasteiger partial charge in [-0.15, -0.1) is 0 Å². The summed E-state index contributed by atoms with van der Waals surface area (Å²) in [5.41, 5.74) is 2.17. The number of rotatable bonds is 9. The molecule has 1 aliphatic carbocycles. The second-order valence-electron chi connectivity index (χ2n) is 11.7. The molecule has 9 nitrogen and oxygen atoms in total. The lowest BCUT2D eigenvalue weighted by atomic mass is 9.78. The van der Waals surface area contributed by atoms with Gasteiger partial charge in [0.15, 0.2) is 0 Å². The summed E-state index contributed by atoms with van der Waals surface area (Å²) in [5, 5.41) is 23.8. The molecule has 1 heterocycles. The Balaban J connectivity index is 1.23. The van der Waals surface area contributed by atoms with Crippen LogP contribution in [-0.4, -0.2) is 35.5 Å². The molecule has 5 N–H and O–H groups in total. The molecule has 0 bridgehead atoms. The lowest BCUT2D eigenvalue weighted by Gasteiger charge is -2.28. The van der Waals surface area contributed by atoms with E-state index < -0.39 is 33.5 Å². The number of nitrogens with one attached hydrogen (secondary N) is 3. The first-order chi connectivity index (χ1) is 21.1. The zero-order chi connectivity index (χ0) is 31.0. The Morgan fingerprint density at radius 3 is 2.41 bits per heavy atom. The highest BCUT2D eigenvalue weighted by atomic mass is 32.2. The Kier molecular flexibility index (Phi) is 8.06. The van der Waals surface area contributed by atoms with Crippen molar-refractivity contribution in [2.45, 2.75) is 50.6 Å². The molecule has 0 fully saturated rings. The molecular formula is C34H35N3O6S. The number of furan rings is 1. The summed E-state index contributed by atoms with van der Waals surface area (Å²) in [6.07, 6.45) is 3.80. The molecule has 5 aromatic rings. The van der Waals surface area contributed by atoms with Crippen LogP contribution in [0.2, 0.25) is 0 Å². The van der Waals surface area contributed by atoms with Crippen molar-refractivity contribution in [3.8, 4) is 5.95 Å². The highest BCUT2D eigenvalue weighted by molar-refractivity contribution is 7.86. The van der Waals surface area contributed by atoms with Gasteiger partial charge in [0.25, 0.3) is 10.1 Å².